The van der Waals surface area contributed by atoms with Crippen molar-refractivity contribution in [1.82, 2.24) is 10.3 Å². The van der Waals surface area contributed by atoms with Crippen LogP contribution in [0.25, 0.3) is 0 Å². The van der Waals surface area contributed by atoms with E-state index in [1.807, 2.05) is 6.92 Å². The van der Waals surface area contributed by atoms with E-state index < -0.39 is 0 Å². The second-order valence-electron chi connectivity index (χ2n) is 2.36. The fourth-order valence-corrected chi connectivity index (χ4v) is 0.665. The summed E-state index contributed by atoms with van der Waals surface area (Å²) in [5, 5.41) is 2.64. The molecule has 1 atom stereocenters. The zero-order valence-electron chi connectivity index (χ0n) is 6.78. The SMILES string of the molecule is C=CC(C)NC(=O)c1cnco1. The van der Waals surface area contributed by atoms with Crippen molar-refractivity contribution in [3.05, 3.63) is 31.0 Å². The first kappa shape index (κ1) is 8.52. The predicted molar refractivity (Wildman–Crippen MR) is 43.6 cm³/mol. The summed E-state index contributed by atoms with van der Waals surface area (Å²) in [4.78, 5) is 14.8. The molecule has 1 unspecified atom stereocenters. The molecule has 4 heteroatoms. The van der Waals surface area contributed by atoms with Gasteiger partial charge in [0.25, 0.3) is 5.91 Å². The fourth-order valence-electron chi connectivity index (χ4n) is 0.665. The molecular formula is C8H10N2O2. The van der Waals surface area contributed by atoms with Gasteiger partial charge in [-0.25, -0.2) is 4.98 Å². The zero-order chi connectivity index (χ0) is 8.97. The summed E-state index contributed by atoms with van der Waals surface area (Å²) in [7, 11) is 0. The molecule has 1 aromatic rings. The first-order chi connectivity index (χ1) is 5.74. The van der Waals surface area contributed by atoms with Crippen LogP contribution in [0.1, 0.15) is 17.5 Å². The van der Waals surface area contributed by atoms with Gasteiger partial charge in [-0.15, -0.1) is 6.58 Å². The van der Waals surface area contributed by atoms with Crippen molar-refractivity contribution in [2.45, 2.75) is 13.0 Å². The average molecular weight is 166 g/mol. The topological polar surface area (TPSA) is 55.1 Å². The van der Waals surface area contributed by atoms with Gasteiger partial charge in [-0.3, -0.25) is 4.79 Å². The maximum Gasteiger partial charge on any atom is 0.289 e. The van der Waals surface area contributed by atoms with Crippen molar-refractivity contribution in [2.24, 2.45) is 0 Å². The number of carbonyl (C=O) groups excluding carboxylic acids is 1. The lowest BCUT2D eigenvalue weighted by Gasteiger charge is -2.05. The van der Waals surface area contributed by atoms with Gasteiger partial charge >= 0.3 is 0 Å². The predicted octanol–water partition coefficient (Wildman–Crippen LogP) is 0.979. The molecule has 0 spiro atoms. The van der Waals surface area contributed by atoms with Crippen LogP contribution in [-0.2, 0) is 0 Å². The van der Waals surface area contributed by atoms with Gasteiger partial charge in [-0.05, 0) is 6.92 Å². The van der Waals surface area contributed by atoms with E-state index in [9.17, 15) is 4.79 Å². The van der Waals surface area contributed by atoms with Gasteiger partial charge in [0.05, 0.1) is 6.20 Å². The molecule has 1 heterocycles. The number of aromatic nitrogens is 1. The molecule has 0 aliphatic carbocycles. The lowest BCUT2D eigenvalue weighted by Crippen LogP contribution is -2.30. The Morgan fingerprint density at radius 3 is 3.17 bits per heavy atom. The third kappa shape index (κ3) is 1.95. The molecule has 0 radical (unpaired) electrons. The van der Waals surface area contributed by atoms with Crippen LogP contribution in [0.15, 0.2) is 29.7 Å². The third-order valence-electron chi connectivity index (χ3n) is 1.37. The Labute approximate surface area is 70.3 Å². The van der Waals surface area contributed by atoms with Crippen LogP contribution in [0, 0.1) is 0 Å². The highest BCUT2D eigenvalue weighted by Crippen LogP contribution is 1.96. The van der Waals surface area contributed by atoms with E-state index in [0.717, 1.165) is 0 Å². The highest BCUT2D eigenvalue weighted by molar-refractivity contribution is 5.91. The van der Waals surface area contributed by atoms with E-state index in [1.54, 1.807) is 6.08 Å². The normalized spacial score (nSPS) is 12.1. The van der Waals surface area contributed by atoms with Crippen LogP contribution >= 0.6 is 0 Å². The minimum Gasteiger partial charge on any atom is -0.438 e. The highest BCUT2D eigenvalue weighted by atomic mass is 16.3. The maximum atomic E-state index is 11.2. The lowest BCUT2D eigenvalue weighted by molar-refractivity contribution is 0.0919. The van der Waals surface area contributed by atoms with Crippen molar-refractivity contribution in [3.8, 4) is 0 Å². The Balaban J connectivity index is 2.55. The Kier molecular flexibility index (Phi) is 2.63. The first-order valence-electron chi connectivity index (χ1n) is 3.56. The molecule has 1 rings (SSSR count). The Bertz CT molecular complexity index is 267. The van der Waals surface area contributed by atoms with Crippen LogP contribution in [0.5, 0.6) is 0 Å². The number of carbonyl (C=O) groups is 1. The van der Waals surface area contributed by atoms with Crippen molar-refractivity contribution < 1.29 is 9.21 Å². The largest absolute Gasteiger partial charge is 0.438 e. The lowest BCUT2D eigenvalue weighted by atomic mass is 10.3. The summed E-state index contributed by atoms with van der Waals surface area (Å²) in [6, 6.07) is -0.0670. The van der Waals surface area contributed by atoms with Crippen molar-refractivity contribution in [3.63, 3.8) is 0 Å². The first-order valence-corrected chi connectivity index (χ1v) is 3.56. The molecule has 1 aromatic heterocycles. The monoisotopic (exact) mass is 166 g/mol. The summed E-state index contributed by atoms with van der Waals surface area (Å²) < 4.78 is 4.78. The van der Waals surface area contributed by atoms with Crippen molar-refractivity contribution in [2.75, 3.05) is 0 Å². The van der Waals surface area contributed by atoms with E-state index in [2.05, 4.69) is 16.9 Å². The Morgan fingerprint density at radius 2 is 2.67 bits per heavy atom. The molecule has 0 saturated heterocycles. The molecule has 0 fully saturated rings. The van der Waals surface area contributed by atoms with Crippen molar-refractivity contribution in [1.29, 1.82) is 0 Å². The van der Waals surface area contributed by atoms with Crippen LogP contribution in [0.4, 0.5) is 0 Å². The van der Waals surface area contributed by atoms with Gasteiger partial charge in [0, 0.05) is 6.04 Å². The standard InChI is InChI=1S/C8H10N2O2/c1-3-6(2)10-8(11)7-4-9-5-12-7/h3-6H,1H2,2H3,(H,10,11). The molecule has 12 heavy (non-hydrogen) atoms. The van der Waals surface area contributed by atoms with Crippen LogP contribution < -0.4 is 5.32 Å². The molecule has 0 aromatic carbocycles. The second kappa shape index (κ2) is 3.71. The Hall–Kier alpha value is -1.58. The smallest absolute Gasteiger partial charge is 0.289 e. The zero-order valence-corrected chi connectivity index (χ0v) is 6.78. The number of amides is 1. The van der Waals surface area contributed by atoms with E-state index in [0.29, 0.717) is 0 Å². The van der Waals surface area contributed by atoms with Crippen LogP contribution in [0.2, 0.25) is 0 Å². The molecular weight excluding hydrogens is 156 g/mol. The number of hydrogen-bond donors (Lipinski definition) is 1. The number of hydrogen-bond acceptors (Lipinski definition) is 3. The number of oxazole rings is 1. The Morgan fingerprint density at radius 1 is 1.92 bits per heavy atom. The highest BCUT2D eigenvalue weighted by Gasteiger charge is 2.09. The van der Waals surface area contributed by atoms with Crippen molar-refractivity contribution >= 4 is 5.91 Å². The summed E-state index contributed by atoms with van der Waals surface area (Å²) in [5.41, 5.74) is 0. The van der Waals surface area contributed by atoms with E-state index in [1.165, 1.54) is 12.6 Å². The number of rotatable bonds is 3. The molecule has 0 saturated carbocycles. The summed E-state index contributed by atoms with van der Waals surface area (Å²) in [6.07, 6.45) is 4.22. The van der Waals surface area contributed by atoms with Crippen LogP contribution in [0.3, 0.4) is 0 Å². The minimum atomic E-state index is -0.278. The summed E-state index contributed by atoms with van der Waals surface area (Å²) in [5.74, 6) is -0.0661. The molecule has 0 aliphatic rings. The van der Waals surface area contributed by atoms with Gasteiger partial charge in [-0.1, -0.05) is 6.08 Å². The number of nitrogens with zero attached hydrogens (tertiary/aromatic N) is 1. The minimum absolute atomic E-state index is 0.0670. The molecule has 0 bridgehead atoms. The van der Waals surface area contributed by atoms with Gasteiger partial charge in [0.2, 0.25) is 5.76 Å². The van der Waals surface area contributed by atoms with Crippen LogP contribution in [-0.4, -0.2) is 16.9 Å². The van der Waals surface area contributed by atoms with Gasteiger partial charge in [0.1, 0.15) is 0 Å². The molecule has 1 amide bonds. The molecule has 64 valence electrons. The number of nitrogens with one attached hydrogen (secondary N) is 1. The molecule has 1 N–H and O–H groups in total. The maximum absolute atomic E-state index is 11.2. The quantitative estimate of drug-likeness (QED) is 0.681. The summed E-state index contributed by atoms with van der Waals surface area (Å²) >= 11 is 0. The van der Waals surface area contributed by atoms with Gasteiger partial charge < -0.3 is 9.73 Å². The summed E-state index contributed by atoms with van der Waals surface area (Å²) in [6.45, 7) is 5.35. The second-order valence-corrected chi connectivity index (χ2v) is 2.36. The molecule has 0 aliphatic heterocycles. The van der Waals surface area contributed by atoms with Gasteiger partial charge in [-0.2, -0.15) is 0 Å². The molecule has 4 nitrogen and oxygen atoms in total. The van der Waals surface area contributed by atoms with E-state index in [-0.39, 0.29) is 17.7 Å². The van der Waals surface area contributed by atoms with Gasteiger partial charge in [0.15, 0.2) is 6.39 Å². The third-order valence-corrected chi connectivity index (χ3v) is 1.37. The van der Waals surface area contributed by atoms with E-state index in [4.69, 9.17) is 4.42 Å². The van der Waals surface area contributed by atoms with E-state index >= 15 is 0 Å². The fraction of sp³-hybridized carbons (Fsp3) is 0.250. The average Bonchev–Trinajstić information content (AvgIpc) is 2.56.